The minimum atomic E-state index is -1.34. The van der Waals surface area contributed by atoms with Crippen LogP contribution in [-0.2, 0) is 16.9 Å². The molecule has 1 aromatic heterocycles. The molecule has 152 valence electrons. The Hall–Kier alpha value is -3.72. The van der Waals surface area contributed by atoms with Crippen LogP contribution in [0.4, 0.5) is 10.5 Å². The summed E-state index contributed by atoms with van der Waals surface area (Å²) in [4.78, 5) is 41.2. The number of rotatable bonds is 5. The van der Waals surface area contributed by atoms with Gasteiger partial charge >= 0.3 is 6.03 Å². The van der Waals surface area contributed by atoms with Gasteiger partial charge in [-0.15, -0.1) is 0 Å². The van der Waals surface area contributed by atoms with Crippen LogP contribution in [-0.4, -0.2) is 26.7 Å². The van der Waals surface area contributed by atoms with E-state index in [4.69, 9.17) is 16.0 Å². The van der Waals surface area contributed by atoms with Gasteiger partial charge in [0.05, 0.1) is 17.2 Å². The van der Waals surface area contributed by atoms with Crippen molar-refractivity contribution < 1.29 is 18.9 Å². The summed E-state index contributed by atoms with van der Waals surface area (Å²) < 4.78 is 5.46. The zero-order chi connectivity index (χ0) is 21.5. The molecular weight excluding hydrogens is 412 g/mol. The molecule has 2 aromatic carbocycles. The first kappa shape index (κ1) is 19.6. The van der Waals surface area contributed by atoms with Crippen molar-refractivity contribution in [2.75, 3.05) is 0 Å². The quantitative estimate of drug-likeness (QED) is 0.376. The lowest BCUT2D eigenvalue weighted by molar-refractivity contribution is -0.384. The van der Waals surface area contributed by atoms with Crippen LogP contribution in [0.1, 0.15) is 18.2 Å². The lowest BCUT2D eigenvalue weighted by Gasteiger charge is -2.21. The molecule has 1 unspecified atom stereocenters. The van der Waals surface area contributed by atoms with Crippen molar-refractivity contribution in [3.8, 4) is 11.5 Å². The van der Waals surface area contributed by atoms with Crippen LogP contribution >= 0.6 is 11.6 Å². The number of urea groups is 1. The summed E-state index contributed by atoms with van der Waals surface area (Å²) in [6, 6.07) is 11.8. The SMILES string of the molecule is CC1(c2ccc([N+](=O)[O-])cc2)NC(=O)N(Cc2coc(-c3ccc(Cl)cc3)n2)C1=O. The smallest absolute Gasteiger partial charge is 0.325 e. The van der Waals surface area contributed by atoms with Crippen molar-refractivity contribution in [2.24, 2.45) is 0 Å². The Labute approximate surface area is 175 Å². The number of imide groups is 1. The van der Waals surface area contributed by atoms with Crippen molar-refractivity contribution in [3.05, 3.63) is 81.2 Å². The summed E-state index contributed by atoms with van der Waals surface area (Å²) in [6.07, 6.45) is 1.38. The molecule has 10 heteroatoms. The third kappa shape index (κ3) is 3.39. The fourth-order valence-corrected chi connectivity index (χ4v) is 3.35. The molecule has 0 radical (unpaired) electrons. The van der Waals surface area contributed by atoms with E-state index in [2.05, 4.69) is 10.3 Å². The molecule has 1 aliphatic heterocycles. The molecule has 0 saturated carbocycles. The standard InChI is InChI=1S/C20H15ClN4O5/c1-20(13-4-8-16(9-5-13)25(28)29)18(26)24(19(27)23-20)10-15-11-30-17(22-15)12-2-6-14(21)7-3-12/h2-9,11H,10H2,1H3,(H,23,27). The summed E-state index contributed by atoms with van der Waals surface area (Å²) in [7, 11) is 0. The second-order valence-electron chi connectivity index (χ2n) is 6.90. The highest BCUT2D eigenvalue weighted by Crippen LogP contribution is 2.31. The van der Waals surface area contributed by atoms with Gasteiger partial charge in [0.15, 0.2) is 0 Å². The van der Waals surface area contributed by atoms with E-state index in [-0.39, 0.29) is 12.2 Å². The van der Waals surface area contributed by atoms with E-state index in [9.17, 15) is 19.7 Å². The van der Waals surface area contributed by atoms with Crippen molar-refractivity contribution in [3.63, 3.8) is 0 Å². The molecular formula is C20H15ClN4O5. The maximum absolute atomic E-state index is 13.0. The fourth-order valence-electron chi connectivity index (χ4n) is 3.22. The zero-order valence-electron chi connectivity index (χ0n) is 15.7. The average Bonchev–Trinajstić information content (AvgIpc) is 3.28. The molecule has 3 amide bonds. The Balaban J connectivity index is 1.54. The summed E-state index contributed by atoms with van der Waals surface area (Å²) >= 11 is 5.88. The number of halogens is 1. The molecule has 30 heavy (non-hydrogen) atoms. The van der Waals surface area contributed by atoms with Gasteiger partial charge in [0.1, 0.15) is 11.8 Å². The maximum atomic E-state index is 13.0. The zero-order valence-corrected chi connectivity index (χ0v) is 16.4. The molecule has 1 saturated heterocycles. The number of aromatic nitrogens is 1. The number of hydrogen-bond donors (Lipinski definition) is 1. The Morgan fingerprint density at radius 2 is 1.83 bits per heavy atom. The normalized spacial score (nSPS) is 18.5. The van der Waals surface area contributed by atoms with Gasteiger partial charge in [-0.2, -0.15) is 0 Å². The van der Waals surface area contributed by atoms with Crippen molar-refractivity contribution >= 4 is 29.2 Å². The van der Waals surface area contributed by atoms with Gasteiger partial charge in [0, 0.05) is 22.7 Å². The van der Waals surface area contributed by atoms with Crippen LogP contribution in [0.25, 0.3) is 11.5 Å². The molecule has 4 rings (SSSR count). The Bertz CT molecular complexity index is 1140. The number of nitro benzene ring substituents is 1. The van der Waals surface area contributed by atoms with E-state index in [0.29, 0.717) is 27.7 Å². The lowest BCUT2D eigenvalue weighted by atomic mass is 9.92. The van der Waals surface area contributed by atoms with E-state index in [1.165, 1.54) is 30.5 Å². The van der Waals surface area contributed by atoms with Gasteiger partial charge in [0.2, 0.25) is 5.89 Å². The van der Waals surface area contributed by atoms with Crippen molar-refractivity contribution in [2.45, 2.75) is 19.0 Å². The van der Waals surface area contributed by atoms with Crippen LogP contribution in [0, 0.1) is 10.1 Å². The average molecular weight is 427 g/mol. The molecule has 1 aliphatic rings. The molecule has 1 fully saturated rings. The monoisotopic (exact) mass is 426 g/mol. The lowest BCUT2D eigenvalue weighted by Crippen LogP contribution is -2.40. The number of non-ortho nitro benzene ring substituents is 1. The van der Waals surface area contributed by atoms with Crippen LogP contribution in [0.2, 0.25) is 5.02 Å². The predicted molar refractivity (Wildman–Crippen MR) is 106 cm³/mol. The number of nitro groups is 1. The second-order valence-corrected chi connectivity index (χ2v) is 7.34. The molecule has 0 spiro atoms. The van der Waals surface area contributed by atoms with Gasteiger partial charge in [0.25, 0.3) is 11.6 Å². The molecule has 1 atom stereocenters. The Morgan fingerprint density at radius 1 is 1.17 bits per heavy atom. The number of benzene rings is 2. The van der Waals surface area contributed by atoms with Crippen molar-refractivity contribution in [1.29, 1.82) is 0 Å². The minimum Gasteiger partial charge on any atom is -0.444 e. The second kappa shape index (κ2) is 7.27. The summed E-state index contributed by atoms with van der Waals surface area (Å²) in [5, 5.41) is 14.1. The molecule has 0 aliphatic carbocycles. The van der Waals surface area contributed by atoms with Gasteiger partial charge in [-0.1, -0.05) is 11.6 Å². The van der Waals surface area contributed by atoms with Crippen molar-refractivity contribution in [1.82, 2.24) is 15.2 Å². The third-order valence-electron chi connectivity index (χ3n) is 4.89. The molecule has 1 N–H and O–H groups in total. The number of hydrogen-bond acceptors (Lipinski definition) is 6. The highest BCUT2D eigenvalue weighted by atomic mass is 35.5. The van der Waals surface area contributed by atoms with E-state index in [1.807, 2.05) is 0 Å². The predicted octanol–water partition coefficient (Wildman–Crippen LogP) is 3.87. The number of carbonyl (C=O) groups excluding carboxylic acids is 2. The van der Waals surface area contributed by atoms with Crippen LogP contribution in [0.15, 0.2) is 59.2 Å². The first-order valence-electron chi connectivity index (χ1n) is 8.87. The molecule has 0 bridgehead atoms. The number of carbonyl (C=O) groups is 2. The van der Waals surface area contributed by atoms with Gasteiger partial charge in [-0.05, 0) is 48.9 Å². The molecule has 9 nitrogen and oxygen atoms in total. The van der Waals surface area contributed by atoms with E-state index < -0.39 is 22.4 Å². The van der Waals surface area contributed by atoms with Gasteiger partial charge in [-0.25, -0.2) is 9.78 Å². The highest BCUT2D eigenvalue weighted by molar-refractivity contribution is 6.30. The molecule has 3 aromatic rings. The first-order chi connectivity index (χ1) is 14.3. The van der Waals surface area contributed by atoms with Gasteiger partial charge in [-0.3, -0.25) is 19.8 Å². The van der Waals surface area contributed by atoms with Crippen LogP contribution in [0.3, 0.4) is 0 Å². The summed E-state index contributed by atoms with van der Waals surface area (Å²) in [5.41, 5.74) is 0.105. The number of amides is 3. The number of nitrogens with zero attached hydrogens (tertiary/aromatic N) is 3. The Morgan fingerprint density at radius 3 is 2.47 bits per heavy atom. The minimum absolute atomic E-state index is 0.0790. The third-order valence-corrected chi connectivity index (χ3v) is 5.15. The first-order valence-corrected chi connectivity index (χ1v) is 9.25. The van der Waals surface area contributed by atoms with E-state index in [0.717, 1.165) is 4.90 Å². The topological polar surface area (TPSA) is 119 Å². The highest BCUT2D eigenvalue weighted by Gasteiger charge is 2.49. The summed E-state index contributed by atoms with van der Waals surface area (Å²) in [6.45, 7) is 1.47. The Kier molecular flexibility index (Phi) is 4.75. The van der Waals surface area contributed by atoms with E-state index >= 15 is 0 Å². The van der Waals surface area contributed by atoms with Gasteiger partial charge < -0.3 is 9.73 Å². The molecule has 2 heterocycles. The number of nitrogens with one attached hydrogen (secondary N) is 1. The largest absolute Gasteiger partial charge is 0.444 e. The maximum Gasteiger partial charge on any atom is 0.325 e. The van der Waals surface area contributed by atoms with E-state index in [1.54, 1.807) is 31.2 Å². The summed E-state index contributed by atoms with van der Waals surface area (Å²) in [5.74, 6) is -0.149. The van der Waals surface area contributed by atoms with Crippen LogP contribution in [0.5, 0.6) is 0 Å². The van der Waals surface area contributed by atoms with Crippen LogP contribution < -0.4 is 5.32 Å². The fraction of sp³-hybridized carbons (Fsp3) is 0.150. The number of oxazole rings is 1.